The van der Waals surface area contributed by atoms with Crippen LogP contribution in [0.15, 0.2) is 30.3 Å². The van der Waals surface area contributed by atoms with E-state index in [0.717, 1.165) is 25.1 Å². The van der Waals surface area contributed by atoms with Crippen LogP contribution in [0.1, 0.15) is 12.0 Å². The van der Waals surface area contributed by atoms with Crippen LogP contribution in [0, 0.1) is 11.3 Å². The fraction of sp³-hybridized carbons (Fsp3) is 0.533. The lowest BCUT2D eigenvalue weighted by molar-refractivity contribution is 0.156. The molecule has 0 saturated carbocycles. The third-order valence-corrected chi connectivity index (χ3v) is 3.43. The van der Waals surface area contributed by atoms with Crippen LogP contribution in [0.3, 0.4) is 0 Å². The summed E-state index contributed by atoms with van der Waals surface area (Å²) in [7, 11) is 5.58. The van der Waals surface area contributed by atoms with E-state index in [1.807, 2.05) is 44.4 Å². The molecule has 0 aliphatic heterocycles. The number of benzene rings is 1. The predicted molar refractivity (Wildman–Crippen MR) is 76.8 cm³/mol. The van der Waals surface area contributed by atoms with E-state index in [0.29, 0.717) is 6.61 Å². The molecule has 1 unspecified atom stereocenters. The summed E-state index contributed by atoms with van der Waals surface area (Å²) in [5.74, 6) is 0. The van der Waals surface area contributed by atoms with Gasteiger partial charge in [0.1, 0.15) is 5.54 Å². The Labute approximate surface area is 116 Å². The molecule has 0 amide bonds. The highest BCUT2D eigenvalue weighted by Gasteiger charge is 2.30. The van der Waals surface area contributed by atoms with Crippen LogP contribution in [0.4, 0.5) is 0 Å². The van der Waals surface area contributed by atoms with Crippen molar-refractivity contribution in [3.63, 3.8) is 0 Å². The third-order valence-electron chi connectivity index (χ3n) is 3.43. The van der Waals surface area contributed by atoms with Gasteiger partial charge in [-0.25, -0.2) is 0 Å². The number of methoxy groups -OCH3 is 1. The molecular weight excluding hydrogens is 238 g/mol. The van der Waals surface area contributed by atoms with Gasteiger partial charge < -0.3 is 9.64 Å². The average Bonchev–Trinajstić information content (AvgIpc) is 2.48. The van der Waals surface area contributed by atoms with Gasteiger partial charge in [-0.05, 0) is 26.1 Å². The number of nitrogens with one attached hydrogen (secondary N) is 1. The molecule has 0 bridgehead atoms. The lowest BCUT2D eigenvalue weighted by Crippen LogP contribution is -2.41. The monoisotopic (exact) mass is 261 g/mol. The summed E-state index contributed by atoms with van der Waals surface area (Å²) in [5.41, 5.74) is 0.392. The van der Waals surface area contributed by atoms with Crippen molar-refractivity contribution in [2.24, 2.45) is 0 Å². The number of hydrogen-bond acceptors (Lipinski definition) is 4. The van der Waals surface area contributed by atoms with E-state index in [9.17, 15) is 5.26 Å². The van der Waals surface area contributed by atoms with Gasteiger partial charge in [0.05, 0.1) is 12.7 Å². The zero-order valence-corrected chi connectivity index (χ0v) is 12.0. The van der Waals surface area contributed by atoms with Crippen molar-refractivity contribution in [2.45, 2.75) is 12.0 Å². The first-order valence-electron chi connectivity index (χ1n) is 6.51. The Morgan fingerprint density at radius 1 is 1.32 bits per heavy atom. The molecule has 1 atom stereocenters. The van der Waals surface area contributed by atoms with Gasteiger partial charge in [-0.3, -0.25) is 5.32 Å². The van der Waals surface area contributed by atoms with Crippen molar-refractivity contribution in [3.05, 3.63) is 35.9 Å². The first-order valence-corrected chi connectivity index (χ1v) is 6.51. The highest BCUT2D eigenvalue weighted by molar-refractivity contribution is 5.31. The van der Waals surface area contributed by atoms with Crippen LogP contribution < -0.4 is 5.32 Å². The molecule has 0 radical (unpaired) electrons. The number of likely N-dealkylation sites (N-methyl/N-ethyl adjacent to an activating group) is 1. The number of nitrogens with zero attached hydrogens (tertiary/aromatic N) is 2. The molecule has 1 aromatic carbocycles. The van der Waals surface area contributed by atoms with Crippen LogP contribution in [0.2, 0.25) is 0 Å². The van der Waals surface area contributed by atoms with E-state index in [1.54, 1.807) is 7.11 Å². The molecule has 0 fully saturated rings. The molecule has 0 heterocycles. The maximum Gasteiger partial charge on any atom is 0.133 e. The molecule has 0 aliphatic carbocycles. The van der Waals surface area contributed by atoms with Crippen molar-refractivity contribution in [1.82, 2.24) is 10.2 Å². The number of rotatable bonds is 8. The van der Waals surface area contributed by atoms with E-state index in [4.69, 9.17) is 4.74 Å². The second-order valence-corrected chi connectivity index (χ2v) is 4.68. The van der Waals surface area contributed by atoms with Crippen molar-refractivity contribution < 1.29 is 4.74 Å². The van der Waals surface area contributed by atoms with E-state index in [-0.39, 0.29) is 0 Å². The van der Waals surface area contributed by atoms with Crippen LogP contribution in [0.25, 0.3) is 0 Å². The maximum atomic E-state index is 9.56. The Morgan fingerprint density at radius 3 is 2.53 bits per heavy atom. The molecule has 0 spiro atoms. The fourth-order valence-electron chi connectivity index (χ4n) is 2.03. The number of nitriles is 1. The van der Waals surface area contributed by atoms with Gasteiger partial charge in [0.15, 0.2) is 0 Å². The molecular formula is C15H23N3O. The largest absolute Gasteiger partial charge is 0.383 e. The lowest BCUT2D eigenvalue weighted by atomic mass is 9.88. The normalized spacial score (nSPS) is 14.1. The Morgan fingerprint density at radius 2 is 2.00 bits per heavy atom. The fourth-order valence-corrected chi connectivity index (χ4v) is 2.03. The quantitative estimate of drug-likeness (QED) is 0.772. The second kappa shape index (κ2) is 7.90. The van der Waals surface area contributed by atoms with E-state index < -0.39 is 5.54 Å². The predicted octanol–water partition coefficient (Wildman–Crippen LogP) is 1.59. The first-order chi connectivity index (χ1) is 9.18. The molecule has 0 aromatic heterocycles. The number of ether oxygens (including phenoxy) is 1. The summed E-state index contributed by atoms with van der Waals surface area (Å²) in [5, 5.41) is 12.7. The van der Waals surface area contributed by atoms with Gasteiger partial charge >= 0.3 is 0 Å². The van der Waals surface area contributed by atoms with Crippen molar-refractivity contribution in [2.75, 3.05) is 40.9 Å². The van der Waals surface area contributed by atoms with Crippen molar-refractivity contribution in [1.29, 1.82) is 5.26 Å². The molecule has 0 saturated heterocycles. The van der Waals surface area contributed by atoms with Gasteiger partial charge in [0.25, 0.3) is 0 Å². The van der Waals surface area contributed by atoms with Crippen LogP contribution in [-0.2, 0) is 10.3 Å². The molecule has 1 N–H and O–H groups in total. The van der Waals surface area contributed by atoms with E-state index >= 15 is 0 Å². The first kappa shape index (κ1) is 15.6. The molecule has 1 rings (SSSR count). The van der Waals surface area contributed by atoms with E-state index in [2.05, 4.69) is 16.3 Å². The summed E-state index contributed by atoms with van der Waals surface area (Å²) in [6.07, 6.45) is 0.740. The average molecular weight is 261 g/mol. The van der Waals surface area contributed by atoms with Gasteiger partial charge in [-0.2, -0.15) is 5.26 Å². The third kappa shape index (κ3) is 4.32. The van der Waals surface area contributed by atoms with Crippen molar-refractivity contribution >= 4 is 0 Å². The Bertz CT molecular complexity index is 402. The standard InChI is InChI=1S/C15H23N3O/c1-17-15(13-16,14-7-5-4-6-8-14)9-10-18(2)11-12-19-3/h4-8,17H,9-12H2,1-3H3. The minimum absolute atomic E-state index is 0.622. The smallest absolute Gasteiger partial charge is 0.133 e. The summed E-state index contributed by atoms with van der Waals surface area (Å²) < 4.78 is 5.06. The molecule has 19 heavy (non-hydrogen) atoms. The summed E-state index contributed by atoms with van der Waals surface area (Å²) in [6, 6.07) is 12.3. The topological polar surface area (TPSA) is 48.3 Å². The SMILES string of the molecule is CNC(C#N)(CCN(C)CCOC)c1ccccc1. The van der Waals surface area contributed by atoms with Gasteiger partial charge in [-0.15, -0.1) is 0 Å². The summed E-state index contributed by atoms with van der Waals surface area (Å²) in [4.78, 5) is 2.18. The zero-order chi connectivity index (χ0) is 14.1. The Kier molecular flexibility index (Phi) is 6.51. The molecule has 104 valence electrons. The molecule has 4 heteroatoms. The zero-order valence-electron chi connectivity index (χ0n) is 12.0. The summed E-state index contributed by atoms with van der Waals surface area (Å²) >= 11 is 0. The van der Waals surface area contributed by atoms with Crippen LogP contribution in [-0.4, -0.2) is 45.8 Å². The summed E-state index contributed by atoms with van der Waals surface area (Å²) in [6.45, 7) is 2.42. The van der Waals surface area contributed by atoms with Crippen LogP contribution >= 0.6 is 0 Å². The van der Waals surface area contributed by atoms with Gasteiger partial charge in [-0.1, -0.05) is 30.3 Å². The highest BCUT2D eigenvalue weighted by atomic mass is 16.5. The van der Waals surface area contributed by atoms with Gasteiger partial charge in [0.2, 0.25) is 0 Å². The minimum atomic E-state index is -0.622. The van der Waals surface area contributed by atoms with Crippen molar-refractivity contribution in [3.8, 4) is 6.07 Å². The minimum Gasteiger partial charge on any atom is -0.383 e. The van der Waals surface area contributed by atoms with Gasteiger partial charge in [0, 0.05) is 20.2 Å². The van der Waals surface area contributed by atoms with E-state index in [1.165, 1.54) is 0 Å². The number of hydrogen-bond donors (Lipinski definition) is 1. The molecule has 1 aromatic rings. The lowest BCUT2D eigenvalue weighted by Gasteiger charge is -2.29. The molecule has 0 aliphatic rings. The molecule has 4 nitrogen and oxygen atoms in total. The maximum absolute atomic E-state index is 9.56. The highest BCUT2D eigenvalue weighted by Crippen LogP contribution is 2.24. The Balaban J connectivity index is 2.71. The second-order valence-electron chi connectivity index (χ2n) is 4.68. The Hall–Kier alpha value is -1.41. The van der Waals surface area contributed by atoms with Crippen LogP contribution in [0.5, 0.6) is 0 Å².